The predicted molar refractivity (Wildman–Crippen MR) is 74.1 cm³/mol. The normalized spacial score (nSPS) is 21.6. The van der Waals surface area contributed by atoms with E-state index < -0.39 is 0 Å². The molecule has 1 aliphatic heterocycles. The van der Waals surface area contributed by atoms with Crippen molar-refractivity contribution in [3.63, 3.8) is 0 Å². The Hall–Kier alpha value is -0.820. The van der Waals surface area contributed by atoms with E-state index in [4.69, 9.17) is 4.74 Å². The number of rotatable bonds is 3. The molecular weight excluding hydrogens is 208 g/mol. The molecule has 1 heteroatoms. The Morgan fingerprint density at radius 2 is 1.71 bits per heavy atom. The van der Waals surface area contributed by atoms with Crippen LogP contribution in [-0.2, 0) is 16.9 Å². The van der Waals surface area contributed by atoms with Crippen molar-refractivity contribution in [3.05, 3.63) is 35.4 Å². The molecule has 0 aliphatic carbocycles. The van der Waals surface area contributed by atoms with Gasteiger partial charge in [0.1, 0.15) is 0 Å². The van der Waals surface area contributed by atoms with Crippen molar-refractivity contribution in [1.82, 2.24) is 0 Å². The molecule has 0 fully saturated rings. The SMILES string of the molecule is CCCC.CCCC1(C)OCc2ccccc21. The second-order valence-electron chi connectivity index (χ2n) is 4.93. The van der Waals surface area contributed by atoms with Gasteiger partial charge >= 0.3 is 0 Å². The van der Waals surface area contributed by atoms with Crippen LogP contribution in [0.15, 0.2) is 24.3 Å². The Morgan fingerprint density at radius 3 is 2.29 bits per heavy atom. The van der Waals surface area contributed by atoms with Crippen LogP contribution < -0.4 is 0 Å². The fourth-order valence-corrected chi connectivity index (χ4v) is 2.16. The van der Waals surface area contributed by atoms with Crippen LogP contribution in [0.5, 0.6) is 0 Å². The van der Waals surface area contributed by atoms with Crippen LogP contribution in [0.25, 0.3) is 0 Å². The highest BCUT2D eigenvalue weighted by Crippen LogP contribution is 2.39. The number of unbranched alkanes of at least 4 members (excludes halogenated alkanes) is 1. The first-order valence-electron chi connectivity index (χ1n) is 6.90. The third-order valence-corrected chi connectivity index (χ3v) is 3.36. The zero-order chi connectivity index (χ0) is 12.7. The minimum absolute atomic E-state index is 0.0225. The molecule has 1 aromatic rings. The molecule has 1 aliphatic rings. The Kier molecular flexibility index (Phi) is 5.70. The van der Waals surface area contributed by atoms with Crippen LogP contribution in [0.3, 0.4) is 0 Å². The van der Waals surface area contributed by atoms with Gasteiger partial charge in [-0.05, 0) is 24.5 Å². The van der Waals surface area contributed by atoms with Gasteiger partial charge in [0.2, 0.25) is 0 Å². The van der Waals surface area contributed by atoms with Crippen LogP contribution in [0.2, 0.25) is 0 Å². The van der Waals surface area contributed by atoms with Gasteiger partial charge in [0, 0.05) is 0 Å². The highest BCUT2D eigenvalue weighted by Gasteiger charge is 2.33. The molecule has 2 rings (SSSR count). The van der Waals surface area contributed by atoms with E-state index in [1.165, 1.54) is 30.4 Å². The summed E-state index contributed by atoms with van der Waals surface area (Å²) in [5.41, 5.74) is 2.72. The zero-order valence-corrected chi connectivity index (χ0v) is 11.8. The molecule has 17 heavy (non-hydrogen) atoms. The number of hydrogen-bond donors (Lipinski definition) is 0. The van der Waals surface area contributed by atoms with E-state index in [0.29, 0.717) is 0 Å². The van der Waals surface area contributed by atoms with Gasteiger partial charge in [-0.3, -0.25) is 0 Å². The van der Waals surface area contributed by atoms with Crippen molar-refractivity contribution in [2.45, 2.75) is 65.6 Å². The van der Waals surface area contributed by atoms with Gasteiger partial charge in [0.05, 0.1) is 12.2 Å². The first-order chi connectivity index (χ1) is 8.18. The van der Waals surface area contributed by atoms with E-state index >= 15 is 0 Å². The largest absolute Gasteiger partial charge is 0.366 e. The molecule has 0 saturated carbocycles. The topological polar surface area (TPSA) is 9.23 Å². The number of benzene rings is 1. The van der Waals surface area contributed by atoms with Crippen LogP contribution >= 0.6 is 0 Å². The van der Waals surface area contributed by atoms with E-state index in [2.05, 4.69) is 52.0 Å². The zero-order valence-electron chi connectivity index (χ0n) is 11.8. The van der Waals surface area contributed by atoms with Crippen molar-refractivity contribution >= 4 is 0 Å². The lowest BCUT2D eigenvalue weighted by atomic mass is 9.90. The average molecular weight is 234 g/mol. The summed E-state index contributed by atoms with van der Waals surface area (Å²) in [6.07, 6.45) is 4.93. The van der Waals surface area contributed by atoms with Crippen LogP contribution in [0.4, 0.5) is 0 Å². The quantitative estimate of drug-likeness (QED) is 0.712. The highest BCUT2D eigenvalue weighted by atomic mass is 16.5. The van der Waals surface area contributed by atoms with Gasteiger partial charge in [0.25, 0.3) is 0 Å². The number of ether oxygens (including phenoxy) is 1. The lowest BCUT2D eigenvalue weighted by molar-refractivity contribution is -0.0300. The molecule has 0 aromatic heterocycles. The van der Waals surface area contributed by atoms with Gasteiger partial charge in [-0.2, -0.15) is 0 Å². The van der Waals surface area contributed by atoms with Gasteiger partial charge in [0.15, 0.2) is 0 Å². The number of fused-ring (bicyclic) bond motifs is 1. The maximum absolute atomic E-state index is 5.85. The lowest BCUT2D eigenvalue weighted by Crippen LogP contribution is -2.19. The molecule has 1 unspecified atom stereocenters. The lowest BCUT2D eigenvalue weighted by Gasteiger charge is -2.23. The Labute approximate surface area is 106 Å². The van der Waals surface area contributed by atoms with Crippen molar-refractivity contribution < 1.29 is 4.74 Å². The van der Waals surface area contributed by atoms with Crippen LogP contribution in [0, 0.1) is 0 Å². The minimum Gasteiger partial charge on any atom is -0.366 e. The summed E-state index contributed by atoms with van der Waals surface area (Å²) in [6, 6.07) is 8.54. The molecule has 0 spiro atoms. The molecule has 0 N–H and O–H groups in total. The Bertz CT molecular complexity index is 326. The first-order valence-corrected chi connectivity index (χ1v) is 6.90. The molecule has 0 amide bonds. The molecule has 1 atom stereocenters. The summed E-state index contributed by atoms with van der Waals surface area (Å²) in [4.78, 5) is 0. The summed E-state index contributed by atoms with van der Waals surface area (Å²) in [6.45, 7) is 9.55. The van der Waals surface area contributed by atoms with Gasteiger partial charge in [-0.25, -0.2) is 0 Å². The Morgan fingerprint density at radius 1 is 1.06 bits per heavy atom. The maximum Gasteiger partial charge on any atom is 0.0911 e. The molecule has 96 valence electrons. The first kappa shape index (κ1) is 14.2. The van der Waals surface area contributed by atoms with Crippen LogP contribution in [0.1, 0.15) is 64.5 Å². The monoisotopic (exact) mass is 234 g/mol. The highest BCUT2D eigenvalue weighted by molar-refractivity contribution is 5.34. The van der Waals surface area contributed by atoms with Gasteiger partial charge in [-0.15, -0.1) is 0 Å². The summed E-state index contributed by atoms with van der Waals surface area (Å²) >= 11 is 0. The van der Waals surface area contributed by atoms with Crippen molar-refractivity contribution in [3.8, 4) is 0 Å². The fraction of sp³-hybridized carbons (Fsp3) is 0.625. The summed E-state index contributed by atoms with van der Waals surface area (Å²) in [7, 11) is 0. The third-order valence-electron chi connectivity index (χ3n) is 3.36. The standard InChI is InChI=1S/C12H16O.C4H10/c1-3-8-12(2)11-7-5-4-6-10(11)9-13-12;1-3-4-2/h4-7H,3,8-9H2,1-2H3;3-4H2,1-2H3. The van der Waals surface area contributed by atoms with Crippen LogP contribution in [-0.4, -0.2) is 0 Å². The van der Waals surface area contributed by atoms with E-state index in [1.807, 2.05) is 0 Å². The number of hydrogen-bond acceptors (Lipinski definition) is 1. The second kappa shape index (κ2) is 6.80. The van der Waals surface area contributed by atoms with Gasteiger partial charge in [-0.1, -0.05) is 64.3 Å². The van der Waals surface area contributed by atoms with E-state index in [9.17, 15) is 0 Å². The molecule has 0 radical (unpaired) electrons. The van der Waals surface area contributed by atoms with Gasteiger partial charge < -0.3 is 4.74 Å². The molecule has 0 bridgehead atoms. The fourth-order valence-electron chi connectivity index (χ4n) is 2.16. The molecule has 1 heterocycles. The predicted octanol–water partition coefficient (Wildman–Crippen LogP) is 5.04. The smallest absolute Gasteiger partial charge is 0.0911 e. The van der Waals surface area contributed by atoms with Crippen molar-refractivity contribution in [2.24, 2.45) is 0 Å². The maximum atomic E-state index is 5.85. The Balaban J connectivity index is 0.000000317. The third kappa shape index (κ3) is 3.57. The van der Waals surface area contributed by atoms with Crippen molar-refractivity contribution in [2.75, 3.05) is 0 Å². The molecule has 1 aromatic carbocycles. The molecular formula is C16H26O. The molecule has 0 saturated heterocycles. The summed E-state index contributed by atoms with van der Waals surface area (Å²) < 4.78 is 5.85. The van der Waals surface area contributed by atoms with E-state index in [0.717, 1.165) is 13.0 Å². The van der Waals surface area contributed by atoms with Crippen molar-refractivity contribution in [1.29, 1.82) is 0 Å². The van der Waals surface area contributed by atoms with E-state index in [-0.39, 0.29) is 5.60 Å². The minimum atomic E-state index is -0.0225. The summed E-state index contributed by atoms with van der Waals surface area (Å²) in [5.74, 6) is 0. The second-order valence-corrected chi connectivity index (χ2v) is 4.93. The molecule has 1 nitrogen and oxygen atoms in total. The average Bonchev–Trinajstić information content (AvgIpc) is 2.69. The summed E-state index contributed by atoms with van der Waals surface area (Å²) in [5, 5.41) is 0. The van der Waals surface area contributed by atoms with E-state index in [1.54, 1.807) is 0 Å².